The monoisotopic (exact) mass is 282 g/mol. The van der Waals surface area contributed by atoms with E-state index in [9.17, 15) is 9.59 Å². The molecule has 0 bridgehead atoms. The van der Waals surface area contributed by atoms with E-state index in [-0.39, 0.29) is 13.1 Å². The van der Waals surface area contributed by atoms with Crippen molar-refractivity contribution in [1.29, 1.82) is 0 Å². The Morgan fingerprint density at radius 2 is 1.75 bits per heavy atom. The maximum atomic E-state index is 11.4. The van der Waals surface area contributed by atoms with Crippen molar-refractivity contribution in [3.05, 3.63) is 18.2 Å². The maximum absolute atomic E-state index is 11.4. The Balaban J connectivity index is 2.92. The molecule has 0 saturated heterocycles. The van der Waals surface area contributed by atoms with Crippen LogP contribution in [0.15, 0.2) is 18.2 Å². The molecule has 20 heavy (non-hydrogen) atoms. The van der Waals surface area contributed by atoms with E-state index in [2.05, 4.69) is 14.5 Å². The number of hydrogen-bond donors (Lipinski definition) is 0. The third-order valence-corrected chi connectivity index (χ3v) is 2.42. The van der Waals surface area contributed by atoms with Crippen LogP contribution < -0.4 is 9.64 Å². The fourth-order valence-electron chi connectivity index (χ4n) is 1.47. The second-order valence-electron chi connectivity index (χ2n) is 3.78. The third kappa shape index (κ3) is 4.75. The summed E-state index contributed by atoms with van der Waals surface area (Å²) in [6.45, 7) is 2.11. The molecule has 0 unspecified atom stereocenters. The normalized spacial score (nSPS) is 9.75. The van der Waals surface area contributed by atoms with Gasteiger partial charge in [-0.1, -0.05) is 6.07 Å². The molecule has 0 fully saturated rings. The highest BCUT2D eigenvalue weighted by molar-refractivity contribution is 5.80. The van der Waals surface area contributed by atoms with Gasteiger partial charge in [-0.3, -0.25) is 9.59 Å². The van der Waals surface area contributed by atoms with Crippen LogP contribution in [0, 0.1) is 0 Å². The van der Waals surface area contributed by atoms with E-state index in [1.54, 1.807) is 18.2 Å². The molecule has 0 amide bonds. The Morgan fingerprint density at radius 1 is 1.15 bits per heavy atom. The summed E-state index contributed by atoms with van der Waals surface area (Å²) in [7, 11) is 2.56. The van der Waals surface area contributed by atoms with Gasteiger partial charge in [0.1, 0.15) is 18.9 Å². The minimum absolute atomic E-state index is 0.103. The summed E-state index contributed by atoms with van der Waals surface area (Å²) in [6.07, 6.45) is 0. The van der Waals surface area contributed by atoms with E-state index in [1.807, 2.05) is 6.92 Å². The van der Waals surface area contributed by atoms with Crippen LogP contribution >= 0.6 is 0 Å². The van der Waals surface area contributed by atoms with E-state index in [4.69, 9.17) is 4.74 Å². The number of esters is 2. The van der Waals surface area contributed by atoms with Gasteiger partial charge < -0.3 is 19.1 Å². The lowest BCUT2D eigenvalue weighted by atomic mass is 10.4. The number of ether oxygens (including phenoxy) is 3. The van der Waals surface area contributed by atoms with E-state index in [0.717, 1.165) is 0 Å². The Morgan fingerprint density at radius 3 is 2.25 bits per heavy atom. The highest BCUT2D eigenvalue weighted by Gasteiger charge is 2.17. The molecule has 0 aliphatic rings. The number of hydrogen-bond acceptors (Lipinski definition) is 7. The molecule has 1 aromatic rings. The predicted molar refractivity (Wildman–Crippen MR) is 71.7 cm³/mol. The lowest BCUT2D eigenvalue weighted by molar-refractivity contribution is -0.140. The van der Waals surface area contributed by atoms with E-state index in [1.165, 1.54) is 19.1 Å². The molecule has 0 atom stereocenters. The second kappa shape index (κ2) is 7.98. The van der Waals surface area contributed by atoms with Gasteiger partial charge in [0.15, 0.2) is 0 Å². The molecule has 0 N–H and O–H groups in total. The molecule has 0 aliphatic heterocycles. The van der Waals surface area contributed by atoms with Gasteiger partial charge in [0.25, 0.3) is 0 Å². The molecule has 0 aliphatic carbocycles. The molecular weight excluding hydrogens is 264 g/mol. The number of aromatic nitrogens is 1. The number of methoxy groups -OCH3 is 2. The van der Waals surface area contributed by atoms with Crippen molar-refractivity contribution in [1.82, 2.24) is 4.98 Å². The topological polar surface area (TPSA) is 78.0 Å². The fraction of sp³-hybridized carbons (Fsp3) is 0.462. The number of carbonyl (C=O) groups is 2. The first-order valence-corrected chi connectivity index (χ1v) is 6.09. The van der Waals surface area contributed by atoms with Gasteiger partial charge >= 0.3 is 11.9 Å². The molecule has 7 nitrogen and oxygen atoms in total. The van der Waals surface area contributed by atoms with Crippen LogP contribution in [-0.2, 0) is 19.1 Å². The molecule has 0 aromatic carbocycles. The summed E-state index contributed by atoms with van der Waals surface area (Å²) in [5.74, 6) is -0.0912. The van der Waals surface area contributed by atoms with Crippen molar-refractivity contribution >= 4 is 17.8 Å². The zero-order valence-corrected chi connectivity index (χ0v) is 11.8. The van der Waals surface area contributed by atoms with Crippen LogP contribution in [0.5, 0.6) is 5.88 Å². The largest absolute Gasteiger partial charge is 0.478 e. The number of nitrogens with zero attached hydrogens (tertiary/aromatic N) is 2. The van der Waals surface area contributed by atoms with Gasteiger partial charge in [0.2, 0.25) is 5.88 Å². The van der Waals surface area contributed by atoms with Crippen LogP contribution in [0.4, 0.5) is 5.82 Å². The minimum Gasteiger partial charge on any atom is -0.478 e. The number of rotatable bonds is 7. The van der Waals surface area contributed by atoms with Gasteiger partial charge in [-0.2, -0.15) is 4.98 Å². The van der Waals surface area contributed by atoms with Crippen molar-refractivity contribution in [2.75, 3.05) is 38.8 Å². The maximum Gasteiger partial charge on any atom is 0.325 e. The summed E-state index contributed by atoms with van der Waals surface area (Å²) < 4.78 is 14.5. The molecule has 0 spiro atoms. The van der Waals surface area contributed by atoms with Crippen molar-refractivity contribution in [3.63, 3.8) is 0 Å². The lowest BCUT2D eigenvalue weighted by Crippen LogP contribution is -2.36. The van der Waals surface area contributed by atoms with Crippen LogP contribution in [0.3, 0.4) is 0 Å². The average Bonchev–Trinajstić information content (AvgIpc) is 2.46. The SMILES string of the molecule is CCOc1cccc(N(CC(=O)OC)CC(=O)OC)n1. The summed E-state index contributed by atoms with van der Waals surface area (Å²) in [5.41, 5.74) is 0. The molecule has 110 valence electrons. The number of carbonyl (C=O) groups excluding carboxylic acids is 2. The van der Waals surface area contributed by atoms with E-state index >= 15 is 0 Å². The number of anilines is 1. The first-order valence-electron chi connectivity index (χ1n) is 6.09. The highest BCUT2D eigenvalue weighted by Crippen LogP contribution is 2.16. The Hall–Kier alpha value is -2.31. The summed E-state index contributed by atoms with van der Waals surface area (Å²) in [4.78, 5) is 28.5. The number of pyridine rings is 1. The molecule has 1 heterocycles. The zero-order chi connectivity index (χ0) is 15.0. The first kappa shape index (κ1) is 15.7. The smallest absolute Gasteiger partial charge is 0.325 e. The van der Waals surface area contributed by atoms with Crippen LogP contribution in [0.2, 0.25) is 0 Å². The lowest BCUT2D eigenvalue weighted by Gasteiger charge is -2.21. The summed E-state index contributed by atoms with van der Waals surface area (Å²) in [6, 6.07) is 5.10. The van der Waals surface area contributed by atoms with Crippen LogP contribution in [-0.4, -0.2) is 50.8 Å². The highest BCUT2D eigenvalue weighted by atomic mass is 16.5. The van der Waals surface area contributed by atoms with Crippen molar-refractivity contribution in [2.45, 2.75) is 6.92 Å². The molecule has 7 heteroatoms. The molecule has 1 rings (SSSR count). The van der Waals surface area contributed by atoms with Gasteiger partial charge in [0, 0.05) is 6.07 Å². The van der Waals surface area contributed by atoms with Crippen LogP contribution in [0.25, 0.3) is 0 Å². The predicted octanol–water partition coefficient (Wildman–Crippen LogP) is 0.633. The Bertz CT molecular complexity index is 446. The summed E-state index contributed by atoms with van der Waals surface area (Å²) in [5, 5.41) is 0. The van der Waals surface area contributed by atoms with E-state index < -0.39 is 11.9 Å². The average molecular weight is 282 g/mol. The zero-order valence-electron chi connectivity index (χ0n) is 11.8. The standard InChI is InChI=1S/C13H18N2O5/c1-4-20-11-7-5-6-10(14-11)15(8-12(16)18-2)9-13(17)19-3/h5-7H,4,8-9H2,1-3H3. The molecule has 0 saturated carbocycles. The van der Waals surface area contributed by atoms with Crippen molar-refractivity contribution in [3.8, 4) is 5.88 Å². The molecule has 1 aromatic heterocycles. The van der Waals surface area contributed by atoms with Gasteiger partial charge in [-0.15, -0.1) is 0 Å². The van der Waals surface area contributed by atoms with E-state index in [0.29, 0.717) is 18.3 Å². The second-order valence-corrected chi connectivity index (χ2v) is 3.78. The van der Waals surface area contributed by atoms with Gasteiger partial charge in [-0.05, 0) is 13.0 Å². The van der Waals surface area contributed by atoms with Gasteiger partial charge in [-0.25, -0.2) is 0 Å². The fourth-order valence-corrected chi connectivity index (χ4v) is 1.47. The first-order chi connectivity index (χ1) is 9.60. The summed E-state index contributed by atoms with van der Waals surface area (Å²) >= 11 is 0. The third-order valence-electron chi connectivity index (χ3n) is 2.42. The van der Waals surface area contributed by atoms with Crippen molar-refractivity contribution in [2.24, 2.45) is 0 Å². The quantitative estimate of drug-likeness (QED) is 0.679. The Labute approximate surface area is 117 Å². The Kier molecular flexibility index (Phi) is 6.28. The molecular formula is C13H18N2O5. The van der Waals surface area contributed by atoms with Crippen LogP contribution in [0.1, 0.15) is 6.92 Å². The molecule has 0 radical (unpaired) electrons. The minimum atomic E-state index is -0.475. The van der Waals surface area contributed by atoms with Gasteiger partial charge in [0.05, 0.1) is 20.8 Å². The van der Waals surface area contributed by atoms with Crippen molar-refractivity contribution < 1.29 is 23.8 Å².